The maximum absolute atomic E-state index is 5.43. The second-order valence-corrected chi connectivity index (χ2v) is 4.09. The Balaban J connectivity index is 1.69. The molecule has 76 valence electrons. The second-order valence-electron chi connectivity index (χ2n) is 4.09. The molecule has 0 aromatic heterocycles. The number of hydrogen-bond acceptors (Lipinski definition) is 3. The van der Waals surface area contributed by atoms with Gasteiger partial charge in [0.25, 0.3) is 0 Å². The minimum absolute atomic E-state index is 0.576. The summed E-state index contributed by atoms with van der Waals surface area (Å²) >= 11 is 0. The average Bonchev–Trinajstić information content (AvgIpc) is 2.21. The number of ether oxygens (including phenoxy) is 1. The lowest BCUT2D eigenvalue weighted by atomic mass is 10.1. The van der Waals surface area contributed by atoms with Crippen molar-refractivity contribution in [2.45, 2.75) is 38.1 Å². The molecule has 0 aromatic rings. The lowest BCUT2D eigenvalue weighted by molar-refractivity contribution is 0.0277. The average molecular weight is 184 g/mol. The summed E-state index contributed by atoms with van der Waals surface area (Å²) in [6.07, 6.45) is 6.59. The highest BCUT2D eigenvalue weighted by molar-refractivity contribution is 4.70. The van der Waals surface area contributed by atoms with Crippen LogP contribution in [0.25, 0.3) is 0 Å². The van der Waals surface area contributed by atoms with Gasteiger partial charge in [0, 0.05) is 25.7 Å². The molecule has 0 aromatic carbocycles. The number of nitrogens with zero attached hydrogens (tertiary/aromatic N) is 1. The molecule has 0 amide bonds. The monoisotopic (exact) mass is 184 g/mol. The molecule has 3 nitrogen and oxygen atoms in total. The van der Waals surface area contributed by atoms with Crippen LogP contribution in [0.1, 0.15) is 32.1 Å². The van der Waals surface area contributed by atoms with Gasteiger partial charge in [-0.3, -0.25) is 0 Å². The van der Waals surface area contributed by atoms with E-state index < -0.39 is 0 Å². The van der Waals surface area contributed by atoms with Crippen LogP contribution in [-0.4, -0.2) is 37.4 Å². The van der Waals surface area contributed by atoms with Crippen LogP contribution in [-0.2, 0) is 4.74 Å². The third-order valence-electron chi connectivity index (χ3n) is 2.88. The highest BCUT2D eigenvalue weighted by atomic mass is 16.5. The number of hydrogen-bond donors (Lipinski definition) is 1. The molecule has 2 rings (SSSR count). The Morgan fingerprint density at radius 3 is 2.62 bits per heavy atom. The molecular weight excluding hydrogens is 164 g/mol. The van der Waals surface area contributed by atoms with E-state index in [2.05, 4.69) is 10.4 Å². The Bertz CT molecular complexity index is 124. The summed E-state index contributed by atoms with van der Waals surface area (Å²) < 4.78 is 5.43. The molecule has 0 bridgehead atoms. The quantitative estimate of drug-likeness (QED) is 0.697. The predicted molar refractivity (Wildman–Crippen MR) is 52.4 cm³/mol. The van der Waals surface area contributed by atoms with E-state index in [1.807, 2.05) is 0 Å². The van der Waals surface area contributed by atoms with Gasteiger partial charge in [-0.15, -0.1) is 0 Å². The third-order valence-corrected chi connectivity index (χ3v) is 2.88. The zero-order valence-electron chi connectivity index (χ0n) is 8.30. The Kier molecular flexibility index (Phi) is 3.58. The normalized spacial score (nSPS) is 31.8. The fourth-order valence-corrected chi connectivity index (χ4v) is 2.12. The summed E-state index contributed by atoms with van der Waals surface area (Å²) in [4.78, 5) is 0. The SMILES string of the molecule is C1CCN(NC2CCCOC2)CC1. The van der Waals surface area contributed by atoms with Crippen molar-refractivity contribution >= 4 is 0 Å². The van der Waals surface area contributed by atoms with E-state index in [0.717, 1.165) is 13.2 Å². The first-order valence-electron chi connectivity index (χ1n) is 5.54. The molecule has 2 heterocycles. The van der Waals surface area contributed by atoms with Gasteiger partial charge in [0.05, 0.1) is 6.61 Å². The Morgan fingerprint density at radius 2 is 1.92 bits per heavy atom. The van der Waals surface area contributed by atoms with Gasteiger partial charge in [-0.1, -0.05) is 6.42 Å². The summed E-state index contributed by atoms with van der Waals surface area (Å²) in [5, 5.41) is 2.38. The van der Waals surface area contributed by atoms with Crippen LogP contribution in [0, 0.1) is 0 Å². The Labute approximate surface area is 80.4 Å². The Hall–Kier alpha value is -0.120. The minimum atomic E-state index is 0.576. The zero-order valence-corrected chi connectivity index (χ0v) is 8.30. The van der Waals surface area contributed by atoms with E-state index in [0.29, 0.717) is 6.04 Å². The standard InChI is InChI=1S/C10H20N2O/c1-2-6-12(7-3-1)11-10-5-4-8-13-9-10/h10-11H,1-9H2. The van der Waals surface area contributed by atoms with E-state index in [1.54, 1.807) is 0 Å². The molecule has 2 saturated heterocycles. The molecular formula is C10H20N2O. The summed E-state index contributed by atoms with van der Waals surface area (Å²) in [7, 11) is 0. The van der Waals surface area contributed by atoms with Gasteiger partial charge in [-0.25, -0.2) is 10.4 Å². The topological polar surface area (TPSA) is 24.5 Å². The molecule has 3 heteroatoms. The van der Waals surface area contributed by atoms with Crippen LogP contribution in [0.3, 0.4) is 0 Å². The maximum Gasteiger partial charge on any atom is 0.0633 e. The minimum Gasteiger partial charge on any atom is -0.380 e. The third kappa shape index (κ3) is 2.93. The first kappa shape index (κ1) is 9.44. The van der Waals surface area contributed by atoms with Crippen molar-refractivity contribution in [3.05, 3.63) is 0 Å². The van der Waals surface area contributed by atoms with E-state index in [1.165, 1.54) is 45.2 Å². The molecule has 2 aliphatic heterocycles. The zero-order chi connectivity index (χ0) is 8.93. The van der Waals surface area contributed by atoms with Crippen molar-refractivity contribution in [1.82, 2.24) is 10.4 Å². The summed E-state index contributed by atoms with van der Waals surface area (Å²) in [6.45, 7) is 4.29. The summed E-state index contributed by atoms with van der Waals surface area (Å²) in [5.74, 6) is 0. The van der Waals surface area contributed by atoms with Gasteiger partial charge in [-0.05, 0) is 25.7 Å². The molecule has 0 aliphatic carbocycles. The van der Waals surface area contributed by atoms with Gasteiger partial charge in [0.15, 0.2) is 0 Å². The van der Waals surface area contributed by atoms with Gasteiger partial charge in [-0.2, -0.15) is 0 Å². The maximum atomic E-state index is 5.43. The summed E-state index contributed by atoms with van der Waals surface area (Å²) in [5.41, 5.74) is 3.57. The highest BCUT2D eigenvalue weighted by Gasteiger charge is 2.17. The van der Waals surface area contributed by atoms with Crippen molar-refractivity contribution in [2.75, 3.05) is 26.3 Å². The van der Waals surface area contributed by atoms with Crippen LogP contribution in [0.2, 0.25) is 0 Å². The number of piperidine rings is 1. The van der Waals surface area contributed by atoms with Crippen LogP contribution in [0.4, 0.5) is 0 Å². The van der Waals surface area contributed by atoms with E-state index in [9.17, 15) is 0 Å². The first-order chi connectivity index (χ1) is 6.45. The molecule has 0 spiro atoms. The van der Waals surface area contributed by atoms with Crippen molar-refractivity contribution in [3.63, 3.8) is 0 Å². The van der Waals surface area contributed by atoms with Crippen molar-refractivity contribution in [2.24, 2.45) is 0 Å². The second kappa shape index (κ2) is 4.94. The number of nitrogens with one attached hydrogen (secondary N) is 1. The van der Waals surface area contributed by atoms with Gasteiger partial charge < -0.3 is 4.74 Å². The molecule has 1 atom stereocenters. The van der Waals surface area contributed by atoms with Crippen molar-refractivity contribution < 1.29 is 4.74 Å². The van der Waals surface area contributed by atoms with E-state index in [4.69, 9.17) is 4.74 Å². The van der Waals surface area contributed by atoms with Crippen LogP contribution < -0.4 is 5.43 Å². The molecule has 1 unspecified atom stereocenters. The lowest BCUT2D eigenvalue weighted by Crippen LogP contribution is -2.50. The number of hydrazine groups is 1. The lowest BCUT2D eigenvalue weighted by Gasteiger charge is -2.33. The predicted octanol–water partition coefficient (Wildman–Crippen LogP) is 1.16. The smallest absolute Gasteiger partial charge is 0.0633 e. The van der Waals surface area contributed by atoms with Crippen LogP contribution in [0.15, 0.2) is 0 Å². The van der Waals surface area contributed by atoms with Crippen LogP contribution >= 0.6 is 0 Å². The molecule has 0 saturated carbocycles. The van der Waals surface area contributed by atoms with Crippen molar-refractivity contribution in [3.8, 4) is 0 Å². The van der Waals surface area contributed by atoms with Gasteiger partial charge >= 0.3 is 0 Å². The fourth-order valence-electron chi connectivity index (χ4n) is 2.12. The fraction of sp³-hybridized carbons (Fsp3) is 1.00. The summed E-state index contributed by atoms with van der Waals surface area (Å²) in [6, 6.07) is 0.576. The van der Waals surface area contributed by atoms with Gasteiger partial charge in [0.1, 0.15) is 0 Å². The van der Waals surface area contributed by atoms with E-state index in [-0.39, 0.29) is 0 Å². The first-order valence-corrected chi connectivity index (χ1v) is 5.54. The highest BCUT2D eigenvalue weighted by Crippen LogP contribution is 2.10. The van der Waals surface area contributed by atoms with E-state index >= 15 is 0 Å². The largest absolute Gasteiger partial charge is 0.380 e. The van der Waals surface area contributed by atoms with Crippen molar-refractivity contribution in [1.29, 1.82) is 0 Å². The molecule has 13 heavy (non-hydrogen) atoms. The Morgan fingerprint density at radius 1 is 1.08 bits per heavy atom. The molecule has 0 radical (unpaired) electrons. The molecule has 2 aliphatic rings. The molecule has 1 N–H and O–H groups in total. The molecule has 2 fully saturated rings. The van der Waals surface area contributed by atoms with Gasteiger partial charge in [0.2, 0.25) is 0 Å². The number of rotatable bonds is 2. The van der Waals surface area contributed by atoms with Crippen LogP contribution in [0.5, 0.6) is 0 Å².